The van der Waals surface area contributed by atoms with Crippen molar-refractivity contribution in [2.45, 2.75) is 6.42 Å². The van der Waals surface area contributed by atoms with Crippen LogP contribution in [0, 0.1) is 11.6 Å². The second-order valence-corrected chi connectivity index (χ2v) is 9.07. The molecule has 1 aliphatic heterocycles. The number of carbonyl (C=O) groups is 1. The molecular formula is C28H30F2N6O3. The largest absolute Gasteiger partial charge is 0.495 e. The van der Waals surface area contributed by atoms with Crippen LogP contribution in [0.15, 0.2) is 61.0 Å². The van der Waals surface area contributed by atoms with E-state index in [2.05, 4.69) is 27.1 Å². The summed E-state index contributed by atoms with van der Waals surface area (Å²) in [6, 6.07) is 8.34. The maximum atomic E-state index is 14.2. The highest BCUT2D eigenvalue weighted by Gasteiger charge is 2.23. The first kappa shape index (κ1) is 27.5. The third kappa shape index (κ3) is 7.08. The van der Waals surface area contributed by atoms with Crippen molar-refractivity contribution in [3.63, 3.8) is 0 Å². The molecule has 0 spiro atoms. The number of benzene rings is 2. The molecule has 2 N–H and O–H groups in total. The van der Waals surface area contributed by atoms with Crippen molar-refractivity contribution in [1.29, 1.82) is 0 Å². The molecular weight excluding hydrogens is 506 g/mol. The molecule has 0 fully saturated rings. The zero-order valence-electron chi connectivity index (χ0n) is 22.0. The summed E-state index contributed by atoms with van der Waals surface area (Å²) in [6.07, 6.45) is 5.42. The van der Waals surface area contributed by atoms with E-state index in [0.29, 0.717) is 53.3 Å². The minimum atomic E-state index is -0.780. The normalized spacial score (nSPS) is 12.5. The molecule has 204 valence electrons. The van der Waals surface area contributed by atoms with Crippen molar-refractivity contribution in [1.82, 2.24) is 14.9 Å². The van der Waals surface area contributed by atoms with Gasteiger partial charge in [-0.2, -0.15) is 4.98 Å². The average molecular weight is 537 g/mol. The molecule has 0 radical (unpaired) electrons. The number of nitrogens with zero attached hydrogens (tertiary/aromatic N) is 4. The molecule has 1 amide bonds. The number of hydrogen-bond donors (Lipinski definition) is 2. The third-order valence-corrected chi connectivity index (χ3v) is 5.83. The number of methoxy groups -OCH3 is 1. The molecule has 0 aliphatic carbocycles. The van der Waals surface area contributed by atoms with Crippen LogP contribution >= 0.6 is 0 Å². The van der Waals surface area contributed by atoms with E-state index in [9.17, 15) is 13.6 Å². The molecule has 2 heterocycles. The van der Waals surface area contributed by atoms with Gasteiger partial charge in [0.05, 0.1) is 19.3 Å². The molecule has 11 heteroatoms. The molecule has 0 bridgehead atoms. The summed E-state index contributed by atoms with van der Waals surface area (Å²) in [7, 11) is 5.54. The van der Waals surface area contributed by atoms with E-state index < -0.39 is 11.6 Å². The van der Waals surface area contributed by atoms with E-state index in [-0.39, 0.29) is 11.7 Å². The predicted octanol–water partition coefficient (Wildman–Crippen LogP) is 4.82. The summed E-state index contributed by atoms with van der Waals surface area (Å²) in [5, 5.41) is 5.88. The monoisotopic (exact) mass is 536 g/mol. The quantitative estimate of drug-likeness (QED) is 0.337. The molecule has 1 aliphatic rings. The zero-order valence-corrected chi connectivity index (χ0v) is 22.0. The number of fused-ring (bicyclic) bond motifs is 1. The van der Waals surface area contributed by atoms with E-state index in [4.69, 9.17) is 14.5 Å². The smallest absolute Gasteiger partial charge is 0.247 e. The van der Waals surface area contributed by atoms with Crippen LogP contribution in [-0.4, -0.2) is 61.6 Å². The Labute approximate surface area is 225 Å². The molecule has 0 saturated carbocycles. The molecule has 4 rings (SSSR count). The second-order valence-electron chi connectivity index (χ2n) is 9.07. The van der Waals surface area contributed by atoms with Gasteiger partial charge in [0.15, 0.2) is 11.6 Å². The molecule has 39 heavy (non-hydrogen) atoms. The van der Waals surface area contributed by atoms with Gasteiger partial charge in [-0.1, -0.05) is 6.58 Å². The summed E-state index contributed by atoms with van der Waals surface area (Å²) in [6.45, 7) is 5.31. The maximum Gasteiger partial charge on any atom is 0.247 e. The number of nitrogens with one attached hydrogen (secondary N) is 2. The Bertz CT molecular complexity index is 1400. The fraction of sp³-hybridized carbons (Fsp3) is 0.250. The highest BCUT2D eigenvalue weighted by atomic mass is 19.1. The number of rotatable bonds is 11. The van der Waals surface area contributed by atoms with E-state index >= 15 is 0 Å². The summed E-state index contributed by atoms with van der Waals surface area (Å²) < 4.78 is 38.9. The van der Waals surface area contributed by atoms with E-state index in [1.54, 1.807) is 37.6 Å². The lowest BCUT2D eigenvalue weighted by Crippen LogP contribution is -2.34. The lowest BCUT2D eigenvalue weighted by Gasteiger charge is -2.30. The Morgan fingerprint density at radius 3 is 2.72 bits per heavy atom. The highest BCUT2D eigenvalue weighted by Crippen LogP contribution is 2.33. The van der Waals surface area contributed by atoms with Crippen molar-refractivity contribution in [3.05, 3.63) is 78.2 Å². The van der Waals surface area contributed by atoms with E-state index in [0.717, 1.165) is 25.1 Å². The van der Waals surface area contributed by atoms with Gasteiger partial charge in [0.2, 0.25) is 11.9 Å². The zero-order chi connectivity index (χ0) is 27.9. The average Bonchev–Trinajstić information content (AvgIpc) is 2.90. The number of halogens is 2. The first-order chi connectivity index (χ1) is 18.7. The second kappa shape index (κ2) is 12.4. The summed E-state index contributed by atoms with van der Waals surface area (Å²) >= 11 is 0. The fourth-order valence-electron chi connectivity index (χ4n) is 4.00. The lowest BCUT2D eigenvalue weighted by atomic mass is 10.1. The first-order valence-electron chi connectivity index (χ1n) is 12.2. The van der Waals surface area contributed by atoms with Crippen LogP contribution in [0.25, 0.3) is 6.08 Å². The maximum absolute atomic E-state index is 14.2. The number of aromatic nitrogens is 2. The van der Waals surface area contributed by atoms with Gasteiger partial charge in [-0.25, -0.2) is 13.8 Å². The Kier molecular flexibility index (Phi) is 8.72. The van der Waals surface area contributed by atoms with Crippen LogP contribution in [0.1, 0.15) is 12.0 Å². The van der Waals surface area contributed by atoms with Gasteiger partial charge in [-0.3, -0.25) is 4.79 Å². The minimum Gasteiger partial charge on any atom is -0.495 e. The van der Waals surface area contributed by atoms with Crippen LogP contribution in [0.5, 0.6) is 11.5 Å². The topological polar surface area (TPSA) is 91.8 Å². The predicted molar refractivity (Wildman–Crippen MR) is 147 cm³/mol. The van der Waals surface area contributed by atoms with Crippen LogP contribution in [0.3, 0.4) is 0 Å². The van der Waals surface area contributed by atoms with Gasteiger partial charge >= 0.3 is 0 Å². The molecule has 9 nitrogen and oxygen atoms in total. The Hall–Kier alpha value is -4.51. The van der Waals surface area contributed by atoms with Gasteiger partial charge in [0.25, 0.3) is 0 Å². The van der Waals surface area contributed by atoms with Crippen LogP contribution < -0.4 is 25.0 Å². The van der Waals surface area contributed by atoms with Crippen LogP contribution in [0.2, 0.25) is 0 Å². The van der Waals surface area contributed by atoms with Crippen LogP contribution in [-0.2, 0) is 4.79 Å². The van der Waals surface area contributed by atoms with E-state index in [1.807, 2.05) is 19.0 Å². The molecule has 0 unspecified atom stereocenters. The van der Waals surface area contributed by atoms with Gasteiger partial charge in [-0.05, 0) is 69.5 Å². The van der Waals surface area contributed by atoms with Crippen LogP contribution in [0.4, 0.5) is 31.9 Å². The molecule has 1 aromatic heterocycles. The Balaban J connectivity index is 1.63. The standard InChI is InChI=1S/C28H30F2N6O3/c1-5-26(37)32-20-8-10-25(38-4)23(15-20)33-28-31-16-18-13-21(39-24-9-7-19(29)14-22(24)30)17-36(27(18)34-28)12-6-11-35(2)3/h5,7-10,13-16H,1,6,11-12,17H2,2-4H3,(H,32,37)(H,31,33,34). The molecule has 3 aromatic rings. The van der Waals surface area contributed by atoms with E-state index in [1.165, 1.54) is 12.1 Å². The van der Waals surface area contributed by atoms with Crippen molar-refractivity contribution in [3.8, 4) is 11.5 Å². The summed E-state index contributed by atoms with van der Waals surface area (Å²) in [5.41, 5.74) is 1.79. The van der Waals surface area contributed by atoms with Gasteiger partial charge in [0.1, 0.15) is 23.1 Å². The molecule has 0 atom stereocenters. The number of amides is 1. The van der Waals surface area contributed by atoms with Gasteiger partial charge in [-0.15, -0.1) is 0 Å². The van der Waals surface area contributed by atoms with Crippen molar-refractivity contribution < 1.29 is 23.0 Å². The third-order valence-electron chi connectivity index (χ3n) is 5.83. The highest BCUT2D eigenvalue weighted by molar-refractivity contribution is 5.99. The fourth-order valence-corrected chi connectivity index (χ4v) is 4.00. The summed E-state index contributed by atoms with van der Waals surface area (Å²) in [4.78, 5) is 25.0. The number of anilines is 4. The van der Waals surface area contributed by atoms with Gasteiger partial charge in [0, 0.05) is 30.1 Å². The first-order valence-corrected chi connectivity index (χ1v) is 12.2. The lowest BCUT2D eigenvalue weighted by molar-refractivity contribution is -0.111. The number of ether oxygens (including phenoxy) is 2. The minimum absolute atomic E-state index is 0.0610. The SMILES string of the molecule is C=CC(=O)Nc1ccc(OC)c(Nc2ncc3c(n2)N(CCCN(C)C)CC(Oc2ccc(F)cc2F)=C3)c1. The Morgan fingerprint density at radius 1 is 1.21 bits per heavy atom. The molecule has 2 aromatic carbocycles. The van der Waals surface area contributed by atoms with Crippen molar-refractivity contribution in [2.75, 3.05) is 56.4 Å². The summed E-state index contributed by atoms with van der Waals surface area (Å²) in [5.74, 6) is 0.155. The van der Waals surface area contributed by atoms with Crippen molar-refractivity contribution in [2.24, 2.45) is 0 Å². The molecule has 0 saturated heterocycles. The van der Waals surface area contributed by atoms with Gasteiger partial charge < -0.3 is 29.9 Å². The van der Waals surface area contributed by atoms with Crippen molar-refractivity contribution >= 4 is 35.1 Å². The number of hydrogen-bond acceptors (Lipinski definition) is 8. The Morgan fingerprint density at radius 2 is 2.00 bits per heavy atom. The number of carbonyl (C=O) groups excluding carboxylic acids is 1.